The number of anilines is 1. The first-order chi connectivity index (χ1) is 9.52. The molecule has 0 spiro atoms. The van der Waals surface area contributed by atoms with E-state index in [4.69, 9.17) is 0 Å². The molecule has 1 amide bonds. The van der Waals surface area contributed by atoms with Crippen molar-refractivity contribution < 1.29 is 4.79 Å². The fourth-order valence-corrected chi connectivity index (χ4v) is 3.68. The third-order valence-corrected chi connectivity index (χ3v) is 5.21. The number of amides is 1. The zero-order chi connectivity index (χ0) is 14.7. The Balaban J connectivity index is 2.09. The molecule has 2 aromatic rings. The molecule has 5 nitrogen and oxygen atoms in total. The number of aromatic nitrogens is 3. The van der Waals surface area contributed by atoms with Crippen LogP contribution in [0.4, 0.5) is 5.82 Å². The predicted molar refractivity (Wildman–Crippen MR) is 84.4 cm³/mol. The van der Waals surface area contributed by atoms with E-state index in [2.05, 4.69) is 38.5 Å². The number of nitrogens with zero attached hydrogens (tertiary/aromatic N) is 3. The molecule has 0 radical (unpaired) electrons. The van der Waals surface area contributed by atoms with Crippen molar-refractivity contribution in [3.8, 4) is 0 Å². The van der Waals surface area contributed by atoms with Crippen molar-refractivity contribution in [2.45, 2.75) is 40.2 Å². The van der Waals surface area contributed by atoms with Crippen molar-refractivity contribution >= 4 is 39.0 Å². The van der Waals surface area contributed by atoms with Gasteiger partial charge in [0.2, 0.25) is 0 Å². The fourth-order valence-electron chi connectivity index (χ4n) is 1.88. The molecule has 2 rings (SSSR count). The number of aryl methyl sites for hydroxylation is 3. The van der Waals surface area contributed by atoms with Gasteiger partial charge in [-0.15, -0.1) is 16.4 Å². The summed E-state index contributed by atoms with van der Waals surface area (Å²) in [7, 11) is 0. The number of nitrogens with one attached hydrogen (secondary N) is 1. The summed E-state index contributed by atoms with van der Waals surface area (Å²) in [5.41, 5.74) is 0.676. The number of unbranched alkanes of at least 4 members (excludes halogenated alkanes) is 1. The Morgan fingerprint density at radius 1 is 1.45 bits per heavy atom. The van der Waals surface area contributed by atoms with Gasteiger partial charge in [-0.05, 0) is 36.2 Å². The van der Waals surface area contributed by atoms with E-state index in [-0.39, 0.29) is 5.91 Å². The zero-order valence-corrected chi connectivity index (χ0v) is 14.1. The molecule has 2 aromatic heterocycles. The Morgan fingerprint density at radius 3 is 2.80 bits per heavy atom. The lowest BCUT2D eigenvalue weighted by Crippen LogP contribution is -2.13. The number of thiophene rings is 1. The molecular formula is C13H17BrN4OS. The van der Waals surface area contributed by atoms with Gasteiger partial charge in [0.15, 0.2) is 5.82 Å². The number of rotatable bonds is 5. The molecule has 2 heterocycles. The van der Waals surface area contributed by atoms with Gasteiger partial charge < -0.3 is 5.32 Å². The molecule has 0 unspecified atom stereocenters. The van der Waals surface area contributed by atoms with E-state index in [0.717, 1.165) is 33.6 Å². The average molecular weight is 357 g/mol. The molecule has 7 heteroatoms. The van der Waals surface area contributed by atoms with Crippen LogP contribution in [0.15, 0.2) is 10.7 Å². The predicted octanol–water partition coefficient (Wildman–Crippen LogP) is 3.77. The van der Waals surface area contributed by atoms with Crippen molar-refractivity contribution in [3.63, 3.8) is 0 Å². The topological polar surface area (TPSA) is 59.8 Å². The number of carbonyl (C=O) groups is 1. The van der Waals surface area contributed by atoms with E-state index >= 15 is 0 Å². The number of carbonyl (C=O) groups excluding carboxylic acids is 1. The second kappa shape index (κ2) is 6.49. The second-order valence-corrected chi connectivity index (χ2v) is 6.80. The van der Waals surface area contributed by atoms with Crippen LogP contribution in [0.5, 0.6) is 0 Å². The van der Waals surface area contributed by atoms with E-state index in [1.807, 2.05) is 13.8 Å². The van der Waals surface area contributed by atoms with E-state index in [9.17, 15) is 4.79 Å². The molecule has 0 aliphatic rings. The van der Waals surface area contributed by atoms with Crippen LogP contribution in [0.2, 0.25) is 0 Å². The monoisotopic (exact) mass is 356 g/mol. The Morgan fingerprint density at radius 2 is 2.20 bits per heavy atom. The van der Waals surface area contributed by atoms with Gasteiger partial charge >= 0.3 is 0 Å². The SMILES string of the molecule is CCCCn1cc(NC(=O)c2c(C)sc(C)c2Br)nn1. The normalized spacial score (nSPS) is 10.8. The van der Waals surface area contributed by atoms with Crippen LogP contribution in [-0.4, -0.2) is 20.9 Å². The van der Waals surface area contributed by atoms with Crippen molar-refractivity contribution in [3.05, 3.63) is 26.0 Å². The molecule has 20 heavy (non-hydrogen) atoms. The second-order valence-electron chi connectivity index (χ2n) is 4.58. The summed E-state index contributed by atoms with van der Waals surface area (Å²) >= 11 is 5.06. The van der Waals surface area contributed by atoms with Crippen molar-refractivity contribution in [1.82, 2.24) is 15.0 Å². The molecule has 1 N–H and O–H groups in total. The highest BCUT2D eigenvalue weighted by Gasteiger charge is 2.18. The summed E-state index contributed by atoms with van der Waals surface area (Å²) < 4.78 is 2.61. The largest absolute Gasteiger partial charge is 0.304 e. The minimum Gasteiger partial charge on any atom is -0.304 e. The summed E-state index contributed by atoms with van der Waals surface area (Å²) in [6.45, 7) is 6.87. The van der Waals surface area contributed by atoms with Crippen LogP contribution >= 0.6 is 27.3 Å². The van der Waals surface area contributed by atoms with Gasteiger partial charge in [-0.3, -0.25) is 9.48 Å². The third kappa shape index (κ3) is 3.27. The van der Waals surface area contributed by atoms with Gasteiger partial charge in [0.25, 0.3) is 5.91 Å². The number of halogens is 1. The van der Waals surface area contributed by atoms with Crippen molar-refractivity contribution in [1.29, 1.82) is 0 Å². The maximum Gasteiger partial charge on any atom is 0.259 e. The first kappa shape index (κ1) is 15.2. The highest BCUT2D eigenvalue weighted by molar-refractivity contribution is 9.10. The Hall–Kier alpha value is -1.21. The highest BCUT2D eigenvalue weighted by Crippen LogP contribution is 2.32. The molecule has 108 valence electrons. The maximum absolute atomic E-state index is 12.3. The van der Waals surface area contributed by atoms with Crippen LogP contribution < -0.4 is 5.32 Å². The molecule has 0 aliphatic carbocycles. The molecule has 0 aromatic carbocycles. The van der Waals surface area contributed by atoms with E-state index in [1.54, 1.807) is 22.2 Å². The van der Waals surface area contributed by atoms with Gasteiger partial charge in [-0.1, -0.05) is 18.6 Å². The van der Waals surface area contributed by atoms with E-state index in [1.165, 1.54) is 0 Å². The Kier molecular flexibility index (Phi) is 4.93. The first-order valence-electron chi connectivity index (χ1n) is 6.50. The Bertz CT molecular complexity index is 620. The fraction of sp³-hybridized carbons (Fsp3) is 0.462. The lowest BCUT2D eigenvalue weighted by molar-refractivity contribution is 0.102. The molecule has 0 atom stereocenters. The average Bonchev–Trinajstić information content (AvgIpc) is 2.93. The lowest BCUT2D eigenvalue weighted by atomic mass is 10.2. The molecular weight excluding hydrogens is 340 g/mol. The standard InChI is InChI=1S/C13H17BrN4OS/c1-4-5-6-18-7-10(16-17-18)15-13(19)11-8(2)20-9(3)12(11)14/h7H,4-6H2,1-3H3,(H,15,19). The third-order valence-electron chi connectivity index (χ3n) is 2.93. The first-order valence-corrected chi connectivity index (χ1v) is 8.10. The van der Waals surface area contributed by atoms with Crippen molar-refractivity contribution in [2.75, 3.05) is 5.32 Å². The van der Waals surface area contributed by atoms with Gasteiger partial charge in [0.05, 0.1) is 11.8 Å². The van der Waals surface area contributed by atoms with Gasteiger partial charge in [0.1, 0.15) is 0 Å². The summed E-state index contributed by atoms with van der Waals surface area (Å²) in [5.74, 6) is 0.336. The Labute approximate surface area is 130 Å². The molecule has 0 bridgehead atoms. The van der Waals surface area contributed by atoms with Crippen LogP contribution in [0.3, 0.4) is 0 Å². The zero-order valence-electron chi connectivity index (χ0n) is 11.7. The molecule has 0 fully saturated rings. The summed E-state index contributed by atoms with van der Waals surface area (Å²) in [6.07, 6.45) is 3.91. The van der Waals surface area contributed by atoms with Crippen LogP contribution in [-0.2, 0) is 6.54 Å². The van der Waals surface area contributed by atoms with Crippen LogP contribution in [0.1, 0.15) is 39.9 Å². The van der Waals surface area contributed by atoms with E-state index in [0.29, 0.717) is 11.4 Å². The summed E-state index contributed by atoms with van der Waals surface area (Å²) in [4.78, 5) is 14.4. The van der Waals surface area contributed by atoms with Gasteiger partial charge in [-0.25, -0.2) is 0 Å². The number of hydrogen-bond donors (Lipinski definition) is 1. The summed E-state index contributed by atoms with van der Waals surface area (Å²) in [5, 5.41) is 10.8. The van der Waals surface area contributed by atoms with Gasteiger partial charge in [-0.2, -0.15) is 0 Å². The number of hydrogen-bond acceptors (Lipinski definition) is 4. The lowest BCUT2D eigenvalue weighted by Gasteiger charge is -2.01. The molecule has 0 saturated heterocycles. The van der Waals surface area contributed by atoms with Crippen LogP contribution in [0.25, 0.3) is 0 Å². The minimum atomic E-state index is -0.152. The molecule has 0 saturated carbocycles. The van der Waals surface area contributed by atoms with E-state index < -0.39 is 0 Å². The van der Waals surface area contributed by atoms with Crippen molar-refractivity contribution in [2.24, 2.45) is 0 Å². The molecule has 0 aliphatic heterocycles. The smallest absolute Gasteiger partial charge is 0.259 e. The quantitative estimate of drug-likeness (QED) is 0.886. The highest BCUT2D eigenvalue weighted by atomic mass is 79.9. The van der Waals surface area contributed by atoms with Crippen LogP contribution in [0, 0.1) is 13.8 Å². The maximum atomic E-state index is 12.3. The summed E-state index contributed by atoms with van der Waals surface area (Å²) in [6, 6.07) is 0. The minimum absolute atomic E-state index is 0.152. The van der Waals surface area contributed by atoms with Gasteiger partial charge in [0, 0.05) is 20.8 Å².